The second-order valence-corrected chi connectivity index (χ2v) is 5.39. The van der Waals surface area contributed by atoms with Gasteiger partial charge in [-0.2, -0.15) is 0 Å². The van der Waals surface area contributed by atoms with E-state index < -0.39 is 5.54 Å². The molecule has 0 aliphatic rings. The van der Waals surface area contributed by atoms with Crippen LogP contribution in [0.1, 0.15) is 41.5 Å². The first-order chi connectivity index (χ1) is 9.34. The zero-order valence-corrected chi connectivity index (χ0v) is 12.5. The highest BCUT2D eigenvalue weighted by atomic mass is 16.2. The van der Waals surface area contributed by atoms with Crippen molar-refractivity contribution < 1.29 is 9.59 Å². The van der Waals surface area contributed by atoms with E-state index in [0.29, 0.717) is 17.7 Å². The number of nitrogens with two attached hydrogens (primary N) is 1. The lowest BCUT2D eigenvalue weighted by Crippen LogP contribution is -2.55. The molecule has 0 radical (unpaired) electrons. The quantitative estimate of drug-likeness (QED) is 0.755. The fraction of sp³-hybridized carbons (Fsp3) is 0.467. The minimum absolute atomic E-state index is 0.207. The highest BCUT2D eigenvalue weighted by Gasteiger charge is 2.29. The molecule has 0 aliphatic carbocycles. The molecule has 0 saturated heterocycles. The van der Waals surface area contributed by atoms with Crippen LogP contribution < -0.4 is 16.4 Å². The smallest absolute Gasteiger partial charge is 0.251 e. The minimum atomic E-state index is -0.472. The van der Waals surface area contributed by atoms with Gasteiger partial charge in [-0.25, -0.2) is 0 Å². The Bertz CT molecular complexity index is 500. The summed E-state index contributed by atoms with van der Waals surface area (Å²) in [5.41, 5.74) is 6.19. The molecular weight excluding hydrogens is 254 g/mol. The van der Waals surface area contributed by atoms with Gasteiger partial charge in [-0.05, 0) is 31.0 Å². The molecule has 5 nitrogen and oxygen atoms in total. The van der Waals surface area contributed by atoms with Gasteiger partial charge in [0.1, 0.15) is 0 Å². The first-order valence-electron chi connectivity index (χ1n) is 6.68. The molecule has 0 saturated carbocycles. The molecule has 4 N–H and O–H groups in total. The lowest BCUT2D eigenvalue weighted by atomic mass is 9.88. The van der Waals surface area contributed by atoms with Gasteiger partial charge in [-0.3, -0.25) is 9.59 Å². The summed E-state index contributed by atoms with van der Waals surface area (Å²) in [6, 6.07) is 6.61. The Balaban J connectivity index is 2.96. The van der Waals surface area contributed by atoms with E-state index in [0.717, 1.165) is 0 Å². The summed E-state index contributed by atoms with van der Waals surface area (Å²) in [6.07, 6.45) is 0. The highest BCUT2D eigenvalue weighted by molar-refractivity contribution is 5.99. The van der Waals surface area contributed by atoms with Crippen LogP contribution in [0.15, 0.2) is 24.3 Å². The lowest BCUT2D eigenvalue weighted by Gasteiger charge is -2.33. The Morgan fingerprint density at radius 3 is 2.25 bits per heavy atom. The van der Waals surface area contributed by atoms with Crippen molar-refractivity contribution in [2.45, 2.75) is 26.3 Å². The number of hydrogen-bond acceptors (Lipinski definition) is 3. The molecule has 1 atom stereocenters. The van der Waals surface area contributed by atoms with Crippen molar-refractivity contribution in [1.29, 1.82) is 0 Å². The van der Waals surface area contributed by atoms with Gasteiger partial charge in [-0.15, -0.1) is 0 Å². The van der Waals surface area contributed by atoms with E-state index in [2.05, 4.69) is 10.6 Å². The van der Waals surface area contributed by atoms with Gasteiger partial charge in [0.05, 0.1) is 5.54 Å². The van der Waals surface area contributed by atoms with E-state index in [1.54, 1.807) is 31.3 Å². The fourth-order valence-corrected chi connectivity index (χ4v) is 1.71. The Kier molecular flexibility index (Phi) is 5.27. The maximum atomic E-state index is 12.3. The van der Waals surface area contributed by atoms with Crippen LogP contribution in [0.4, 0.5) is 0 Å². The number of nitrogens with one attached hydrogen (secondary N) is 2. The topological polar surface area (TPSA) is 84.2 Å². The first-order valence-corrected chi connectivity index (χ1v) is 6.68. The van der Waals surface area contributed by atoms with Crippen LogP contribution in [0, 0.1) is 5.92 Å². The maximum Gasteiger partial charge on any atom is 0.251 e. The lowest BCUT2D eigenvalue weighted by molar-refractivity contribution is 0.0883. The van der Waals surface area contributed by atoms with Crippen LogP contribution in [0.5, 0.6) is 0 Å². The fourth-order valence-electron chi connectivity index (χ4n) is 1.71. The largest absolute Gasteiger partial charge is 0.355 e. The third-order valence-electron chi connectivity index (χ3n) is 3.71. The number of benzene rings is 1. The van der Waals surface area contributed by atoms with Gasteiger partial charge < -0.3 is 16.4 Å². The second kappa shape index (κ2) is 6.52. The number of rotatable bonds is 5. The summed E-state index contributed by atoms with van der Waals surface area (Å²) in [4.78, 5) is 23.9. The predicted molar refractivity (Wildman–Crippen MR) is 79.6 cm³/mol. The molecule has 1 unspecified atom stereocenters. The Morgan fingerprint density at radius 1 is 1.25 bits per heavy atom. The molecule has 0 aromatic heterocycles. The molecule has 110 valence electrons. The molecule has 5 heteroatoms. The van der Waals surface area contributed by atoms with Crippen molar-refractivity contribution in [1.82, 2.24) is 10.6 Å². The Morgan fingerprint density at radius 2 is 1.80 bits per heavy atom. The first kappa shape index (κ1) is 16.2. The van der Waals surface area contributed by atoms with Gasteiger partial charge in [0.2, 0.25) is 0 Å². The summed E-state index contributed by atoms with van der Waals surface area (Å²) in [6.45, 7) is 6.28. The van der Waals surface area contributed by atoms with Crippen LogP contribution in [-0.2, 0) is 0 Å². The van der Waals surface area contributed by atoms with Crippen molar-refractivity contribution in [3.8, 4) is 0 Å². The van der Waals surface area contributed by atoms with Gasteiger partial charge in [0.15, 0.2) is 0 Å². The second-order valence-electron chi connectivity index (χ2n) is 5.39. The van der Waals surface area contributed by atoms with Crippen LogP contribution in [0.25, 0.3) is 0 Å². The molecule has 0 heterocycles. The van der Waals surface area contributed by atoms with E-state index in [9.17, 15) is 9.59 Å². The molecule has 0 fully saturated rings. The van der Waals surface area contributed by atoms with Crippen molar-refractivity contribution in [2.24, 2.45) is 11.7 Å². The zero-order chi connectivity index (χ0) is 15.3. The molecule has 1 aromatic rings. The van der Waals surface area contributed by atoms with Crippen LogP contribution in [-0.4, -0.2) is 30.9 Å². The number of amides is 2. The Labute approximate surface area is 119 Å². The summed E-state index contributed by atoms with van der Waals surface area (Å²) < 4.78 is 0. The molecule has 0 spiro atoms. The molecule has 1 rings (SSSR count). The highest BCUT2D eigenvalue weighted by Crippen LogP contribution is 2.16. The summed E-state index contributed by atoms with van der Waals surface area (Å²) in [7, 11) is 1.55. The molecule has 0 bridgehead atoms. The van der Waals surface area contributed by atoms with Crippen LogP contribution in [0.3, 0.4) is 0 Å². The molecule has 2 amide bonds. The maximum absolute atomic E-state index is 12.3. The molecule has 1 aromatic carbocycles. The standard InChI is InChI=1S/C15H23N3O2/c1-10(2)15(3,9-16)18-14(20)12-7-5-6-11(8-12)13(19)17-4/h5-8,10H,9,16H2,1-4H3,(H,17,19)(H,18,20). The van der Waals surface area contributed by atoms with E-state index in [-0.39, 0.29) is 17.7 Å². The van der Waals surface area contributed by atoms with E-state index >= 15 is 0 Å². The SMILES string of the molecule is CNC(=O)c1cccc(C(=O)NC(C)(CN)C(C)C)c1. The third-order valence-corrected chi connectivity index (χ3v) is 3.71. The third kappa shape index (κ3) is 3.57. The van der Waals surface area contributed by atoms with Crippen molar-refractivity contribution >= 4 is 11.8 Å². The van der Waals surface area contributed by atoms with Crippen LogP contribution in [0.2, 0.25) is 0 Å². The van der Waals surface area contributed by atoms with Crippen molar-refractivity contribution in [2.75, 3.05) is 13.6 Å². The summed E-state index contributed by atoms with van der Waals surface area (Å²) >= 11 is 0. The average Bonchev–Trinajstić information content (AvgIpc) is 2.46. The molecule has 0 aliphatic heterocycles. The van der Waals surface area contributed by atoms with Crippen LogP contribution >= 0.6 is 0 Å². The van der Waals surface area contributed by atoms with E-state index in [1.165, 1.54) is 0 Å². The minimum Gasteiger partial charge on any atom is -0.355 e. The molecule has 20 heavy (non-hydrogen) atoms. The number of hydrogen-bond donors (Lipinski definition) is 3. The monoisotopic (exact) mass is 277 g/mol. The van der Waals surface area contributed by atoms with E-state index in [4.69, 9.17) is 5.73 Å². The zero-order valence-electron chi connectivity index (χ0n) is 12.5. The summed E-state index contributed by atoms with van der Waals surface area (Å²) in [5.74, 6) is -0.235. The van der Waals surface area contributed by atoms with Gasteiger partial charge in [0.25, 0.3) is 11.8 Å². The van der Waals surface area contributed by atoms with Crippen molar-refractivity contribution in [3.05, 3.63) is 35.4 Å². The number of carbonyl (C=O) groups is 2. The normalized spacial score (nSPS) is 13.7. The van der Waals surface area contributed by atoms with E-state index in [1.807, 2.05) is 20.8 Å². The van der Waals surface area contributed by atoms with Gasteiger partial charge >= 0.3 is 0 Å². The number of carbonyl (C=O) groups excluding carboxylic acids is 2. The van der Waals surface area contributed by atoms with Gasteiger partial charge in [0, 0.05) is 24.7 Å². The van der Waals surface area contributed by atoms with Gasteiger partial charge in [-0.1, -0.05) is 19.9 Å². The average molecular weight is 277 g/mol. The van der Waals surface area contributed by atoms with Crippen molar-refractivity contribution in [3.63, 3.8) is 0 Å². The predicted octanol–water partition coefficient (Wildman–Crippen LogP) is 1.15. The molecular formula is C15H23N3O2. The summed E-state index contributed by atoms with van der Waals surface area (Å²) in [5, 5.41) is 5.48. The Hall–Kier alpha value is -1.88.